The number of piperazine rings is 1. The van der Waals surface area contributed by atoms with Crippen LogP contribution in [0.5, 0.6) is 5.75 Å². The summed E-state index contributed by atoms with van der Waals surface area (Å²) in [5.41, 5.74) is 3.77. The summed E-state index contributed by atoms with van der Waals surface area (Å²) in [5, 5.41) is 7.53. The normalized spacial score (nSPS) is 13.5. The molecular weight excluding hydrogens is 569 g/mol. The van der Waals surface area contributed by atoms with Crippen LogP contribution in [0.15, 0.2) is 103 Å². The Labute approximate surface area is 252 Å². The molecule has 2 amide bonds. The van der Waals surface area contributed by atoms with Gasteiger partial charge in [0, 0.05) is 55.4 Å². The van der Waals surface area contributed by atoms with Crippen molar-refractivity contribution in [2.24, 2.45) is 0 Å². The van der Waals surface area contributed by atoms with Gasteiger partial charge in [-0.05, 0) is 60.2 Å². The molecule has 1 fully saturated rings. The number of pyridine rings is 1. The number of urea groups is 1. The lowest BCUT2D eigenvalue weighted by Gasteiger charge is -2.35. The first kappa shape index (κ1) is 28.8. The number of rotatable bonds is 6. The molecule has 1 aliphatic rings. The average Bonchev–Trinajstić information content (AvgIpc) is 3.51. The number of nitrogens with zero attached hydrogens (tertiary/aromatic N) is 5. The lowest BCUT2D eigenvalue weighted by Crippen LogP contribution is -2.50. The molecule has 6 rings (SSSR count). The van der Waals surface area contributed by atoms with Gasteiger partial charge in [0.15, 0.2) is 0 Å². The second kappa shape index (κ2) is 12.1. The van der Waals surface area contributed by atoms with E-state index in [1.165, 1.54) is 12.1 Å². The van der Waals surface area contributed by atoms with Crippen molar-refractivity contribution in [2.45, 2.75) is 6.18 Å². The van der Waals surface area contributed by atoms with Crippen molar-refractivity contribution in [2.75, 3.05) is 43.5 Å². The molecule has 11 heteroatoms. The second-order valence-electron chi connectivity index (χ2n) is 10.3. The molecule has 0 saturated carbocycles. The van der Waals surface area contributed by atoms with Gasteiger partial charge in [-0.15, -0.1) is 0 Å². The number of hydrogen-bond donors (Lipinski definition) is 1. The van der Waals surface area contributed by atoms with Crippen molar-refractivity contribution in [1.82, 2.24) is 19.7 Å². The number of carbonyl (C=O) groups excluding carboxylic acids is 1. The lowest BCUT2D eigenvalue weighted by atomic mass is 10.0. The highest BCUT2D eigenvalue weighted by atomic mass is 19.4. The molecule has 2 aromatic heterocycles. The van der Waals surface area contributed by atoms with Crippen LogP contribution < -0.4 is 15.0 Å². The van der Waals surface area contributed by atoms with E-state index in [2.05, 4.69) is 15.2 Å². The van der Waals surface area contributed by atoms with Crippen LogP contribution in [-0.4, -0.2) is 59.0 Å². The third kappa shape index (κ3) is 6.22. The van der Waals surface area contributed by atoms with Gasteiger partial charge < -0.3 is 19.9 Å². The number of para-hydroxylation sites is 1. The maximum atomic E-state index is 13.1. The van der Waals surface area contributed by atoms with Crippen LogP contribution in [0.3, 0.4) is 0 Å². The summed E-state index contributed by atoms with van der Waals surface area (Å²) in [4.78, 5) is 21.1. The van der Waals surface area contributed by atoms with Crippen molar-refractivity contribution in [3.05, 3.63) is 109 Å². The smallest absolute Gasteiger partial charge is 0.416 e. The number of alkyl halides is 3. The van der Waals surface area contributed by atoms with Gasteiger partial charge in [-0.3, -0.25) is 0 Å². The third-order valence-electron chi connectivity index (χ3n) is 7.47. The summed E-state index contributed by atoms with van der Waals surface area (Å²) in [6.07, 6.45) is -0.727. The SMILES string of the molecule is COc1cccc(-c2nn(-c3ccccc3)cc2-c2ccnc(N3CCN(C(=O)Nc4cccc(C(F)(F)F)c4)CC3)c2)c1. The number of ether oxygens (including phenoxy) is 1. The zero-order valence-corrected chi connectivity index (χ0v) is 23.8. The summed E-state index contributed by atoms with van der Waals surface area (Å²) < 4.78 is 46.5. The van der Waals surface area contributed by atoms with Crippen molar-refractivity contribution >= 4 is 17.5 Å². The summed E-state index contributed by atoms with van der Waals surface area (Å²) in [7, 11) is 1.63. The van der Waals surface area contributed by atoms with Gasteiger partial charge in [-0.2, -0.15) is 18.3 Å². The van der Waals surface area contributed by atoms with Crippen LogP contribution in [0.1, 0.15) is 5.56 Å². The fourth-order valence-electron chi connectivity index (χ4n) is 5.16. The molecule has 0 spiro atoms. The number of anilines is 2. The van der Waals surface area contributed by atoms with Crippen molar-refractivity contribution in [3.8, 4) is 33.8 Å². The Morgan fingerprint density at radius 3 is 2.39 bits per heavy atom. The largest absolute Gasteiger partial charge is 0.497 e. The standard InChI is InChI=1S/C33H29F3N6O2/c1-44-28-12-5-7-24(19-28)31-29(22-42(39-31)27-10-3-2-4-11-27)23-13-14-37-30(20-23)40-15-17-41(18-16-40)32(43)38-26-9-6-8-25(21-26)33(34,35)36/h2-14,19-22H,15-18H2,1H3,(H,38,43). The highest BCUT2D eigenvalue weighted by Crippen LogP contribution is 2.35. The number of carbonyl (C=O) groups is 1. The summed E-state index contributed by atoms with van der Waals surface area (Å²) >= 11 is 0. The maximum absolute atomic E-state index is 13.1. The van der Waals surface area contributed by atoms with Crippen LogP contribution >= 0.6 is 0 Å². The summed E-state index contributed by atoms with van der Waals surface area (Å²) in [6.45, 7) is 1.80. The van der Waals surface area contributed by atoms with E-state index in [1.807, 2.05) is 77.6 Å². The molecule has 224 valence electrons. The fraction of sp³-hybridized carbons (Fsp3) is 0.182. The van der Waals surface area contributed by atoms with Crippen LogP contribution in [0.2, 0.25) is 0 Å². The van der Waals surface area contributed by atoms with E-state index in [1.54, 1.807) is 18.2 Å². The number of nitrogens with one attached hydrogen (secondary N) is 1. The maximum Gasteiger partial charge on any atom is 0.416 e. The van der Waals surface area contributed by atoms with E-state index >= 15 is 0 Å². The van der Waals surface area contributed by atoms with Gasteiger partial charge in [-0.1, -0.05) is 36.4 Å². The van der Waals surface area contributed by atoms with E-state index in [4.69, 9.17) is 9.84 Å². The van der Waals surface area contributed by atoms with Crippen LogP contribution in [-0.2, 0) is 6.18 Å². The molecule has 0 atom stereocenters. The van der Waals surface area contributed by atoms with E-state index in [9.17, 15) is 18.0 Å². The van der Waals surface area contributed by atoms with Gasteiger partial charge in [0.1, 0.15) is 17.3 Å². The molecule has 5 aromatic rings. The highest BCUT2D eigenvalue weighted by molar-refractivity contribution is 5.89. The zero-order chi connectivity index (χ0) is 30.7. The van der Waals surface area contributed by atoms with E-state index in [0.29, 0.717) is 26.2 Å². The first-order chi connectivity index (χ1) is 21.3. The van der Waals surface area contributed by atoms with Crippen molar-refractivity contribution in [3.63, 3.8) is 0 Å². The van der Waals surface area contributed by atoms with E-state index in [0.717, 1.165) is 51.8 Å². The lowest BCUT2D eigenvalue weighted by molar-refractivity contribution is -0.137. The molecule has 3 aromatic carbocycles. The number of hydrogen-bond acceptors (Lipinski definition) is 5. The molecule has 1 saturated heterocycles. The average molecular weight is 599 g/mol. The number of aromatic nitrogens is 3. The topological polar surface area (TPSA) is 75.5 Å². The minimum absolute atomic E-state index is 0.101. The van der Waals surface area contributed by atoms with Gasteiger partial charge in [0.25, 0.3) is 0 Å². The van der Waals surface area contributed by atoms with Gasteiger partial charge in [0.2, 0.25) is 0 Å². The van der Waals surface area contributed by atoms with E-state index < -0.39 is 17.8 Å². The minimum Gasteiger partial charge on any atom is -0.497 e. The van der Waals surface area contributed by atoms with E-state index in [-0.39, 0.29) is 5.69 Å². The fourth-order valence-corrected chi connectivity index (χ4v) is 5.16. The predicted octanol–water partition coefficient (Wildman–Crippen LogP) is 6.98. The number of amides is 2. The molecule has 0 radical (unpaired) electrons. The quantitative estimate of drug-likeness (QED) is 0.228. The second-order valence-corrected chi connectivity index (χ2v) is 10.3. The summed E-state index contributed by atoms with van der Waals surface area (Å²) in [6, 6.07) is 25.8. The van der Waals surface area contributed by atoms with Crippen molar-refractivity contribution < 1.29 is 22.7 Å². The number of halogens is 3. The molecule has 1 N–H and O–H groups in total. The monoisotopic (exact) mass is 598 g/mol. The predicted molar refractivity (Wildman–Crippen MR) is 163 cm³/mol. The first-order valence-corrected chi connectivity index (χ1v) is 14.0. The van der Waals surface area contributed by atoms with Crippen LogP contribution in [0.25, 0.3) is 28.1 Å². The molecular formula is C33H29F3N6O2. The van der Waals surface area contributed by atoms with Gasteiger partial charge in [0.05, 0.1) is 18.4 Å². The van der Waals surface area contributed by atoms with Gasteiger partial charge >= 0.3 is 12.2 Å². The molecule has 0 unspecified atom stereocenters. The Hall–Kier alpha value is -5.32. The Morgan fingerprint density at radius 1 is 0.864 bits per heavy atom. The zero-order valence-electron chi connectivity index (χ0n) is 23.8. The molecule has 44 heavy (non-hydrogen) atoms. The summed E-state index contributed by atoms with van der Waals surface area (Å²) in [5.74, 6) is 1.48. The molecule has 3 heterocycles. The Bertz CT molecular complexity index is 1770. The Balaban J connectivity index is 1.21. The first-order valence-electron chi connectivity index (χ1n) is 14.0. The Morgan fingerprint density at radius 2 is 1.64 bits per heavy atom. The number of methoxy groups -OCH3 is 1. The minimum atomic E-state index is -4.48. The molecule has 0 aliphatic carbocycles. The van der Waals surface area contributed by atoms with Crippen LogP contribution in [0, 0.1) is 0 Å². The third-order valence-corrected chi connectivity index (χ3v) is 7.47. The number of benzene rings is 3. The van der Waals surface area contributed by atoms with Crippen LogP contribution in [0.4, 0.5) is 29.5 Å². The van der Waals surface area contributed by atoms with Crippen molar-refractivity contribution in [1.29, 1.82) is 0 Å². The Kier molecular flexibility index (Phi) is 7.93. The molecule has 0 bridgehead atoms. The highest BCUT2D eigenvalue weighted by Gasteiger charge is 2.31. The molecule has 1 aliphatic heterocycles. The van der Waals surface area contributed by atoms with Gasteiger partial charge in [-0.25, -0.2) is 14.5 Å². The molecule has 8 nitrogen and oxygen atoms in total.